The Bertz CT molecular complexity index is 1470. The van der Waals surface area contributed by atoms with Gasteiger partial charge in [-0.05, 0) is 50.5 Å². The molecule has 0 aliphatic heterocycles. The van der Waals surface area contributed by atoms with E-state index in [0.717, 1.165) is 11.1 Å². The number of nitrogens with one attached hydrogen (secondary N) is 1. The minimum atomic E-state index is -3.77. The molecule has 4 N–H and O–H groups in total. The van der Waals surface area contributed by atoms with Crippen LogP contribution in [0.5, 0.6) is 0 Å². The lowest BCUT2D eigenvalue weighted by Gasteiger charge is -2.17. The van der Waals surface area contributed by atoms with Gasteiger partial charge in [-0.3, -0.25) is 4.68 Å². The highest BCUT2D eigenvalue weighted by Crippen LogP contribution is 2.29. The van der Waals surface area contributed by atoms with E-state index in [2.05, 4.69) is 14.8 Å². The summed E-state index contributed by atoms with van der Waals surface area (Å²) < 4.78 is 30.0. The monoisotopic (exact) mass is 542 g/mol. The Morgan fingerprint density at radius 1 is 1.11 bits per heavy atom. The summed E-state index contributed by atoms with van der Waals surface area (Å²) in [6.07, 6.45) is 5.37. The molecule has 4 rings (SSSR count). The number of nitrogen functional groups attached to an aromatic ring is 1. The van der Waals surface area contributed by atoms with Crippen molar-refractivity contribution in [1.82, 2.24) is 24.5 Å². The molecule has 2 aromatic carbocycles. The van der Waals surface area contributed by atoms with Gasteiger partial charge in [0.05, 0.1) is 35.1 Å². The zero-order valence-corrected chi connectivity index (χ0v) is 22.6. The van der Waals surface area contributed by atoms with Gasteiger partial charge < -0.3 is 10.8 Å². The first kappa shape index (κ1) is 28.3. The van der Waals surface area contributed by atoms with Crippen LogP contribution in [0.15, 0.2) is 72.0 Å². The zero-order chi connectivity index (χ0) is 25.9. The van der Waals surface area contributed by atoms with Crippen LogP contribution in [0.2, 0.25) is 0 Å². The fourth-order valence-corrected chi connectivity index (χ4v) is 4.76. The number of halogens is 1. The van der Waals surface area contributed by atoms with Crippen LogP contribution in [0.1, 0.15) is 31.4 Å². The van der Waals surface area contributed by atoms with E-state index < -0.39 is 15.6 Å². The second-order valence-corrected chi connectivity index (χ2v) is 11.1. The van der Waals surface area contributed by atoms with Gasteiger partial charge in [0, 0.05) is 23.9 Å². The van der Waals surface area contributed by atoms with Crippen molar-refractivity contribution in [2.75, 3.05) is 12.3 Å². The Morgan fingerprint density at radius 3 is 2.54 bits per heavy atom. The molecule has 0 bridgehead atoms. The van der Waals surface area contributed by atoms with Crippen molar-refractivity contribution in [3.05, 3.63) is 78.2 Å². The Hall–Kier alpha value is -3.31. The molecule has 0 aliphatic rings. The molecule has 0 spiro atoms. The molecule has 0 unspecified atom stereocenters. The maximum absolute atomic E-state index is 12.8. The van der Waals surface area contributed by atoms with Crippen molar-refractivity contribution in [2.24, 2.45) is 0 Å². The third-order valence-corrected chi connectivity index (χ3v) is 7.18. The number of rotatable bonds is 9. The number of benzene rings is 2. The zero-order valence-electron chi connectivity index (χ0n) is 20.9. The third kappa shape index (κ3) is 7.14. The van der Waals surface area contributed by atoms with E-state index >= 15 is 0 Å². The molecular formula is C26H31ClN6O3S. The van der Waals surface area contributed by atoms with Crippen LogP contribution in [0, 0.1) is 6.92 Å². The highest BCUT2D eigenvalue weighted by Gasteiger charge is 2.20. The maximum Gasteiger partial charge on any atom is 0.240 e. The lowest BCUT2D eigenvalue weighted by Crippen LogP contribution is -2.30. The van der Waals surface area contributed by atoms with Crippen LogP contribution >= 0.6 is 12.4 Å². The second kappa shape index (κ2) is 11.4. The van der Waals surface area contributed by atoms with Gasteiger partial charge in [0.2, 0.25) is 10.0 Å². The summed E-state index contributed by atoms with van der Waals surface area (Å²) in [5.74, 6) is 0.257. The Balaban J connectivity index is 0.00000380. The average Bonchev–Trinajstić information content (AvgIpc) is 3.27. The molecule has 9 nitrogen and oxygen atoms in total. The van der Waals surface area contributed by atoms with Gasteiger partial charge in [0.25, 0.3) is 0 Å². The number of anilines is 1. The van der Waals surface area contributed by atoms with Crippen molar-refractivity contribution in [1.29, 1.82) is 0 Å². The summed E-state index contributed by atoms with van der Waals surface area (Å²) in [6, 6.07) is 14.8. The lowest BCUT2D eigenvalue weighted by molar-refractivity contribution is 0.0728. The average molecular weight is 543 g/mol. The summed E-state index contributed by atoms with van der Waals surface area (Å²) in [7, 11) is -3.77. The first-order chi connectivity index (χ1) is 17.0. The van der Waals surface area contributed by atoms with E-state index in [-0.39, 0.29) is 36.1 Å². The molecule has 0 amide bonds. The van der Waals surface area contributed by atoms with Crippen molar-refractivity contribution < 1.29 is 13.5 Å². The number of aliphatic hydroxyl groups is 1. The maximum atomic E-state index is 12.8. The Labute approximate surface area is 223 Å². The van der Waals surface area contributed by atoms with Crippen LogP contribution in [-0.4, -0.2) is 45.4 Å². The van der Waals surface area contributed by atoms with Gasteiger partial charge in [0.1, 0.15) is 11.5 Å². The normalized spacial score (nSPS) is 11.8. The van der Waals surface area contributed by atoms with Crippen molar-refractivity contribution in [3.63, 3.8) is 0 Å². The molecule has 196 valence electrons. The molecule has 0 fully saturated rings. The topological polar surface area (TPSA) is 136 Å². The van der Waals surface area contributed by atoms with Crippen LogP contribution in [0.3, 0.4) is 0 Å². The lowest BCUT2D eigenvalue weighted by atomic mass is 10.1. The summed E-state index contributed by atoms with van der Waals surface area (Å²) in [5.41, 5.74) is 9.46. The van der Waals surface area contributed by atoms with E-state index in [0.29, 0.717) is 29.1 Å². The minimum Gasteiger partial charge on any atom is -0.390 e. The standard InChI is InChI=1S/C26H30N6O3S.ClH/c1-18-9-10-21(36(34,35)30-12-11-26(2,3)33)13-22(18)23-15-28-25(27)24(31-23)20-14-29-32(17-20)16-19-7-5-4-6-8-19;/h4-10,13-15,17,30,33H,11-12,16H2,1-3H3,(H2,27,28);1H. The molecule has 0 aliphatic carbocycles. The minimum absolute atomic E-state index is 0. The molecule has 37 heavy (non-hydrogen) atoms. The van der Waals surface area contributed by atoms with Gasteiger partial charge >= 0.3 is 0 Å². The van der Waals surface area contributed by atoms with E-state index in [1.807, 2.05) is 43.5 Å². The largest absolute Gasteiger partial charge is 0.390 e. The predicted molar refractivity (Wildman–Crippen MR) is 147 cm³/mol. The highest BCUT2D eigenvalue weighted by atomic mass is 35.5. The van der Waals surface area contributed by atoms with Gasteiger partial charge in [-0.1, -0.05) is 36.4 Å². The molecule has 11 heteroatoms. The number of nitrogens with zero attached hydrogens (tertiary/aromatic N) is 4. The Kier molecular flexibility index (Phi) is 8.70. The summed E-state index contributed by atoms with van der Waals surface area (Å²) in [5, 5.41) is 14.3. The fourth-order valence-electron chi connectivity index (χ4n) is 3.70. The first-order valence-electron chi connectivity index (χ1n) is 11.5. The molecule has 0 radical (unpaired) electrons. The van der Waals surface area contributed by atoms with Crippen LogP contribution in [0.25, 0.3) is 22.5 Å². The Morgan fingerprint density at radius 2 is 1.84 bits per heavy atom. The van der Waals surface area contributed by atoms with E-state index in [1.54, 1.807) is 42.9 Å². The number of sulfonamides is 1. The number of hydrogen-bond donors (Lipinski definition) is 3. The SMILES string of the molecule is Cc1ccc(S(=O)(=O)NCCC(C)(C)O)cc1-c1cnc(N)c(-c2cnn(Cc3ccccc3)c2)n1.Cl. The number of nitrogens with two attached hydrogens (primary N) is 1. The molecule has 0 saturated carbocycles. The summed E-state index contributed by atoms with van der Waals surface area (Å²) in [4.78, 5) is 9.15. The highest BCUT2D eigenvalue weighted by molar-refractivity contribution is 7.89. The number of aromatic nitrogens is 4. The molecule has 2 heterocycles. The fraction of sp³-hybridized carbons (Fsp3) is 0.269. The van der Waals surface area contributed by atoms with Gasteiger partial charge in [-0.2, -0.15) is 5.10 Å². The van der Waals surface area contributed by atoms with Gasteiger partial charge in [-0.25, -0.2) is 23.1 Å². The molecule has 0 saturated heterocycles. The van der Waals surface area contributed by atoms with Gasteiger partial charge in [-0.15, -0.1) is 12.4 Å². The number of aryl methyl sites for hydroxylation is 1. The smallest absolute Gasteiger partial charge is 0.240 e. The van der Waals surface area contributed by atoms with Crippen LogP contribution < -0.4 is 10.5 Å². The van der Waals surface area contributed by atoms with Crippen LogP contribution in [-0.2, 0) is 16.6 Å². The molecule has 4 aromatic rings. The molecule has 2 aromatic heterocycles. The summed E-state index contributed by atoms with van der Waals surface area (Å²) >= 11 is 0. The third-order valence-electron chi connectivity index (χ3n) is 5.72. The van der Waals surface area contributed by atoms with Crippen molar-refractivity contribution in [2.45, 2.75) is 44.2 Å². The summed E-state index contributed by atoms with van der Waals surface area (Å²) in [6.45, 7) is 5.87. The molecular weight excluding hydrogens is 512 g/mol. The van der Waals surface area contributed by atoms with E-state index in [9.17, 15) is 13.5 Å². The number of hydrogen-bond acceptors (Lipinski definition) is 7. The predicted octanol–water partition coefficient (Wildman–Crippen LogP) is 3.81. The van der Waals surface area contributed by atoms with E-state index in [4.69, 9.17) is 10.7 Å². The second-order valence-electron chi connectivity index (χ2n) is 9.34. The van der Waals surface area contributed by atoms with Crippen LogP contribution in [0.4, 0.5) is 5.82 Å². The quantitative estimate of drug-likeness (QED) is 0.292. The van der Waals surface area contributed by atoms with Gasteiger partial charge in [0.15, 0.2) is 0 Å². The first-order valence-corrected chi connectivity index (χ1v) is 13.0. The molecule has 0 atom stereocenters. The van der Waals surface area contributed by atoms with Crippen molar-refractivity contribution >= 4 is 28.2 Å². The van der Waals surface area contributed by atoms with E-state index in [1.165, 1.54) is 6.20 Å². The van der Waals surface area contributed by atoms with Crippen molar-refractivity contribution in [3.8, 4) is 22.5 Å².